The van der Waals surface area contributed by atoms with Gasteiger partial charge in [-0.1, -0.05) is 31.1 Å². The Kier molecular flexibility index (Phi) is 5.18. The van der Waals surface area contributed by atoms with Crippen molar-refractivity contribution in [2.24, 2.45) is 0 Å². The number of nitrogens with zero attached hydrogens (tertiary/aromatic N) is 2. The quantitative estimate of drug-likeness (QED) is 0.897. The molecule has 1 aliphatic heterocycles. The summed E-state index contributed by atoms with van der Waals surface area (Å²) >= 11 is 0. The van der Waals surface area contributed by atoms with Gasteiger partial charge < -0.3 is 14.5 Å². The maximum Gasteiger partial charge on any atom is 0.276 e. The number of aromatic nitrogens is 1. The number of halogens is 1. The van der Waals surface area contributed by atoms with E-state index in [9.17, 15) is 14.3 Å². The van der Waals surface area contributed by atoms with Crippen molar-refractivity contribution in [3.8, 4) is 0 Å². The van der Waals surface area contributed by atoms with Crippen molar-refractivity contribution in [2.75, 3.05) is 6.54 Å². The molecule has 0 bridgehead atoms. The zero-order valence-corrected chi connectivity index (χ0v) is 14.5. The van der Waals surface area contributed by atoms with Crippen molar-refractivity contribution in [3.63, 3.8) is 0 Å². The van der Waals surface area contributed by atoms with Crippen LogP contribution in [0.15, 0.2) is 34.9 Å². The number of hydrogen-bond acceptors (Lipinski definition) is 4. The molecular formula is C19H23FN2O3. The average molecular weight is 346 g/mol. The van der Waals surface area contributed by atoms with Crippen molar-refractivity contribution < 1.29 is 18.8 Å². The molecule has 5 nitrogen and oxygen atoms in total. The summed E-state index contributed by atoms with van der Waals surface area (Å²) in [5.74, 6) is 0.360. The number of benzene rings is 1. The number of rotatable bonds is 5. The van der Waals surface area contributed by atoms with E-state index in [1.165, 1.54) is 12.1 Å². The lowest BCUT2D eigenvalue weighted by molar-refractivity contribution is 0.0657. The lowest BCUT2D eigenvalue weighted by Crippen LogP contribution is -2.36. The Morgan fingerprint density at radius 2 is 2.12 bits per heavy atom. The number of hydrogen-bond donors (Lipinski definition) is 1. The Morgan fingerprint density at radius 1 is 1.40 bits per heavy atom. The van der Waals surface area contributed by atoms with Crippen LogP contribution in [0, 0.1) is 5.82 Å². The van der Waals surface area contributed by atoms with Crippen molar-refractivity contribution in [2.45, 2.75) is 51.2 Å². The number of carbonyl (C=O) groups excluding carboxylic acids is 1. The molecule has 3 rings (SSSR count). The molecule has 0 spiro atoms. The van der Waals surface area contributed by atoms with E-state index in [0.29, 0.717) is 30.0 Å². The predicted octanol–water partition coefficient (Wildman–Crippen LogP) is 3.67. The molecule has 6 heteroatoms. The topological polar surface area (TPSA) is 66.6 Å². The maximum atomic E-state index is 13.0. The molecule has 134 valence electrons. The highest BCUT2D eigenvalue weighted by molar-refractivity contribution is 5.92. The van der Waals surface area contributed by atoms with Crippen LogP contribution in [0.5, 0.6) is 0 Å². The molecule has 0 saturated carbocycles. The van der Waals surface area contributed by atoms with Gasteiger partial charge in [-0.3, -0.25) is 4.79 Å². The van der Waals surface area contributed by atoms with Crippen molar-refractivity contribution >= 4 is 5.91 Å². The average Bonchev–Trinajstić information content (AvgIpc) is 3.24. The smallest absolute Gasteiger partial charge is 0.276 e. The third kappa shape index (κ3) is 3.90. The second-order valence-electron chi connectivity index (χ2n) is 6.87. The van der Waals surface area contributed by atoms with Crippen molar-refractivity contribution in [1.29, 1.82) is 0 Å². The van der Waals surface area contributed by atoms with Crippen LogP contribution in [0.25, 0.3) is 0 Å². The molecule has 25 heavy (non-hydrogen) atoms. The first kappa shape index (κ1) is 17.6. The molecule has 2 heterocycles. The number of likely N-dealkylation sites (tertiary alicyclic amines) is 1. The fourth-order valence-corrected chi connectivity index (χ4v) is 3.24. The van der Waals surface area contributed by atoms with Crippen LogP contribution in [0.1, 0.15) is 66.9 Å². The summed E-state index contributed by atoms with van der Waals surface area (Å²) in [6.07, 6.45) is 1.41. The Morgan fingerprint density at radius 3 is 2.76 bits per heavy atom. The van der Waals surface area contributed by atoms with E-state index >= 15 is 0 Å². The summed E-state index contributed by atoms with van der Waals surface area (Å²) < 4.78 is 18.2. The fourth-order valence-electron chi connectivity index (χ4n) is 3.24. The lowest BCUT2D eigenvalue weighted by Gasteiger charge is -2.26. The molecule has 1 fully saturated rings. The summed E-state index contributed by atoms with van der Waals surface area (Å²) in [7, 11) is 0. The van der Waals surface area contributed by atoms with Gasteiger partial charge in [0.25, 0.3) is 5.91 Å². The van der Waals surface area contributed by atoms with Gasteiger partial charge in [-0.05, 0) is 37.0 Å². The van der Waals surface area contributed by atoms with Gasteiger partial charge in [0.05, 0.1) is 6.10 Å². The lowest BCUT2D eigenvalue weighted by atomic mass is 10.0. The van der Waals surface area contributed by atoms with Crippen LogP contribution >= 0.6 is 0 Å². The minimum atomic E-state index is -0.734. The van der Waals surface area contributed by atoms with E-state index in [4.69, 9.17) is 4.52 Å². The first-order valence-corrected chi connectivity index (χ1v) is 8.67. The molecule has 1 aromatic carbocycles. The molecular weight excluding hydrogens is 323 g/mol. The highest BCUT2D eigenvalue weighted by Gasteiger charge is 2.32. The molecule has 1 aromatic heterocycles. The standard InChI is InChI=1S/C19H23FN2O3/c1-12(2)18-11-16(21-25-18)19(24)22-9-3-4-15(22)10-17(23)13-5-7-14(20)8-6-13/h5-8,11-12,15,17,23H,3-4,9-10H2,1-2H3. The van der Waals surface area contributed by atoms with Gasteiger partial charge >= 0.3 is 0 Å². The Labute approximate surface area is 146 Å². The molecule has 2 aromatic rings. The summed E-state index contributed by atoms with van der Waals surface area (Å²) in [4.78, 5) is 14.5. The SMILES string of the molecule is CC(C)c1cc(C(=O)N2CCCC2CC(O)c2ccc(F)cc2)no1. The Hall–Kier alpha value is -2.21. The zero-order valence-electron chi connectivity index (χ0n) is 14.5. The highest BCUT2D eigenvalue weighted by Crippen LogP contribution is 2.29. The van der Waals surface area contributed by atoms with Crippen LogP contribution in [0.4, 0.5) is 4.39 Å². The number of aliphatic hydroxyl groups is 1. The van der Waals surface area contributed by atoms with Crippen LogP contribution in [0.3, 0.4) is 0 Å². The third-order valence-electron chi connectivity index (χ3n) is 4.70. The van der Waals surface area contributed by atoms with Crippen molar-refractivity contribution in [3.05, 3.63) is 53.2 Å². The molecule has 2 atom stereocenters. The third-order valence-corrected chi connectivity index (χ3v) is 4.70. The molecule has 1 saturated heterocycles. The Balaban J connectivity index is 1.69. The highest BCUT2D eigenvalue weighted by atomic mass is 19.1. The van der Waals surface area contributed by atoms with Gasteiger partial charge in [-0.2, -0.15) is 0 Å². The summed E-state index contributed by atoms with van der Waals surface area (Å²) in [6.45, 7) is 4.60. The first-order valence-electron chi connectivity index (χ1n) is 8.67. The van der Waals surface area contributed by atoms with Crippen LogP contribution in [0.2, 0.25) is 0 Å². The van der Waals surface area contributed by atoms with Crippen LogP contribution in [-0.4, -0.2) is 33.7 Å². The van der Waals surface area contributed by atoms with E-state index in [0.717, 1.165) is 12.8 Å². The number of carbonyl (C=O) groups is 1. The monoisotopic (exact) mass is 346 g/mol. The van der Waals surface area contributed by atoms with Crippen molar-refractivity contribution in [1.82, 2.24) is 10.1 Å². The van der Waals surface area contributed by atoms with Gasteiger partial charge in [0.1, 0.15) is 11.6 Å². The molecule has 1 amide bonds. The number of aliphatic hydroxyl groups excluding tert-OH is 1. The normalized spacial score (nSPS) is 18.8. The van der Waals surface area contributed by atoms with E-state index in [1.807, 2.05) is 13.8 Å². The van der Waals surface area contributed by atoms with E-state index in [-0.39, 0.29) is 23.7 Å². The summed E-state index contributed by atoms with van der Waals surface area (Å²) in [5.41, 5.74) is 0.969. The van der Waals surface area contributed by atoms with E-state index in [2.05, 4.69) is 5.16 Å². The fraction of sp³-hybridized carbons (Fsp3) is 0.474. The van der Waals surface area contributed by atoms with E-state index < -0.39 is 6.10 Å². The summed E-state index contributed by atoms with van der Waals surface area (Å²) in [6, 6.07) is 7.45. The van der Waals surface area contributed by atoms with Gasteiger partial charge in [0.2, 0.25) is 0 Å². The van der Waals surface area contributed by atoms with E-state index in [1.54, 1.807) is 23.1 Å². The second-order valence-corrected chi connectivity index (χ2v) is 6.87. The molecule has 1 N–H and O–H groups in total. The maximum absolute atomic E-state index is 13.0. The first-order chi connectivity index (χ1) is 12.0. The Bertz CT molecular complexity index is 727. The van der Waals surface area contributed by atoms with Crippen LogP contribution in [-0.2, 0) is 0 Å². The zero-order chi connectivity index (χ0) is 18.0. The molecule has 2 unspecified atom stereocenters. The van der Waals surface area contributed by atoms with Gasteiger partial charge in [0.15, 0.2) is 5.69 Å². The molecule has 0 aliphatic carbocycles. The number of amides is 1. The largest absolute Gasteiger partial charge is 0.388 e. The van der Waals surface area contributed by atoms with Gasteiger partial charge in [-0.25, -0.2) is 4.39 Å². The minimum Gasteiger partial charge on any atom is -0.388 e. The molecule has 0 radical (unpaired) electrons. The minimum absolute atomic E-state index is 0.0632. The van der Waals surface area contributed by atoms with Crippen LogP contribution < -0.4 is 0 Å². The molecule has 1 aliphatic rings. The predicted molar refractivity (Wildman–Crippen MR) is 90.6 cm³/mol. The van der Waals surface area contributed by atoms with Gasteiger partial charge in [0, 0.05) is 24.6 Å². The van der Waals surface area contributed by atoms with Gasteiger partial charge in [-0.15, -0.1) is 0 Å². The summed E-state index contributed by atoms with van der Waals surface area (Å²) in [5, 5.41) is 14.3. The second kappa shape index (κ2) is 7.35.